The molecular formula is C38H48N15O26P3. The number of aliphatic hydroxyl groups is 6. The van der Waals surface area contributed by atoms with Crippen LogP contribution in [0.2, 0.25) is 0 Å². The minimum atomic E-state index is -5.75. The number of aliphatic hydroxyl groups excluding tert-OH is 6. The minimum Gasteiger partial charge on any atom is -0.394 e. The number of aromatic nitrogens is 12. The standard InChI is InChI=1S/C38H48N15O26P3/c39-16-1-3-50(37(62)46-16)34-23(59)26(14(75-34)7-71-81(66,67)77-25-12(5-54)73-33(22(25)58)51-4-2-17(55)47-38(51)63)78-82(68,69)72-8-15-27(24(60)35(76-15)53-11-45-19-30(53)48-36(41)49-31(19)61)79-80(64,65)70-6-13-20(56)21(57)32(74-13)52-10-44-18-28(40)42-9-43-29(18)52/h1-4,9-15,20-27,32-35,54,56-60H,5-8H2,(H,64,65)(H,66,67)(H,68,69)(H2,39,46,62)(H2,40,42,43)(H,47,55,63)(H3,41,48,49,61)/t12-,13-,14-,15-,20-,21-,22-,23-,24-,25-,26-,27-,32-,33-,34-,35-/m1/s1. The number of fused-ring (bicyclic) bond motifs is 2. The third kappa shape index (κ3) is 11.7. The number of nitrogens with two attached hydrogens (primary N) is 3. The maximum atomic E-state index is 14.0. The van der Waals surface area contributed by atoms with E-state index < -0.39 is 177 Å². The van der Waals surface area contributed by atoms with Crippen LogP contribution in [-0.2, 0) is 59.8 Å². The average molecular weight is 1220 g/mol. The summed E-state index contributed by atoms with van der Waals surface area (Å²) in [5, 5.41) is 66.1. The fourth-order valence-corrected chi connectivity index (χ4v) is 12.1. The van der Waals surface area contributed by atoms with Gasteiger partial charge in [0.25, 0.3) is 11.1 Å². The van der Waals surface area contributed by atoms with E-state index in [1.54, 1.807) is 0 Å². The third-order valence-electron chi connectivity index (χ3n) is 13.1. The largest absolute Gasteiger partial charge is 0.472 e. The maximum absolute atomic E-state index is 14.0. The van der Waals surface area contributed by atoms with Gasteiger partial charge in [-0.1, -0.05) is 0 Å². The lowest BCUT2D eigenvalue weighted by molar-refractivity contribution is -0.0644. The molecule has 10 heterocycles. The van der Waals surface area contributed by atoms with Crippen LogP contribution in [0.4, 0.5) is 17.6 Å². The highest BCUT2D eigenvalue weighted by Crippen LogP contribution is 2.54. The SMILES string of the molecule is Nc1ccn([C@@H]2O[C@H](COP(=O)(O)O[C@H]3[C@@H](O)[C@H](n4ccc(=O)[nH]c4=O)O[C@@H]3CO)[C@@H](OP(=O)(O)OC[C@H]3O[C@@H](n4cnc5c(=O)[nH]c(N)nc54)[C@H](O)[C@@H]3OP(=O)(O)OC[C@H]3O[C@@H](n4cnc5c(N)ncnc54)[C@H](O)[C@@H]3O)[C@H]2O)c(=O)n1. The molecule has 4 saturated heterocycles. The van der Waals surface area contributed by atoms with Crippen molar-refractivity contribution < 1.29 is 105 Å². The Morgan fingerprint density at radius 3 is 1.62 bits per heavy atom. The second kappa shape index (κ2) is 22.8. The first kappa shape index (κ1) is 59.0. The van der Waals surface area contributed by atoms with E-state index >= 15 is 0 Å². The molecule has 4 aliphatic rings. The van der Waals surface area contributed by atoms with Gasteiger partial charge < -0.3 is 81.5 Å². The fraction of sp³-hybridized carbons (Fsp3) is 0.526. The molecular weight excluding hydrogens is 1180 g/mol. The molecule has 0 aromatic carbocycles. The fourth-order valence-electron chi connectivity index (χ4n) is 9.24. The summed E-state index contributed by atoms with van der Waals surface area (Å²) in [6.07, 6.45) is -25.0. The van der Waals surface area contributed by atoms with Crippen LogP contribution in [0.1, 0.15) is 24.9 Å². The van der Waals surface area contributed by atoms with E-state index in [0.717, 1.165) is 41.7 Å². The van der Waals surface area contributed by atoms with Crippen LogP contribution in [0.3, 0.4) is 0 Å². The van der Waals surface area contributed by atoms with Crippen LogP contribution >= 0.6 is 23.5 Å². The Balaban J connectivity index is 0.861. The highest BCUT2D eigenvalue weighted by Gasteiger charge is 2.55. The van der Waals surface area contributed by atoms with Crippen LogP contribution in [0.5, 0.6) is 0 Å². The number of nitrogens with zero attached hydrogens (tertiary/aromatic N) is 10. The smallest absolute Gasteiger partial charge is 0.394 e. The molecule has 0 bridgehead atoms. The summed E-state index contributed by atoms with van der Waals surface area (Å²) >= 11 is 0. The predicted molar refractivity (Wildman–Crippen MR) is 261 cm³/mol. The number of nitrogens with one attached hydrogen (secondary N) is 2. The number of rotatable bonds is 20. The van der Waals surface area contributed by atoms with E-state index in [0.29, 0.717) is 9.13 Å². The molecule has 4 fully saturated rings. The molecule has 6 aromatic heterocycles. The van der Waals surface area contributed by atoms with Crippen LogP contribution in [0.25, 0.3) is 22.3 Å². The number of hydrogen-bond acceptors (Lipinski definition) is 32. The van der Waals surface area contributed by atoms with Crippen molar-refractivity contribution in [3.05, 3.63) is 85.2 Å². The Morgan fingerprint density at radius 1 is 0.561 bits per heavy atom. The van der Waals surface area contributed by atoms with Crippen molar-refractivity contribution >= 4 is 63.4 Å². The number of imidazole rings is 2. The zero-order valence-electron chi connectivity index (χ0n) is 41.1. The van der Waals surface area contributed by atoms with Crippen LogP contribution in [-0.4, -0.2) is 203 Å². The quantitative estimate of drug-likeness (QED) is 0.0316. The summed E-state index contributed by atoms with van der Waals surface area (Å²) in [6, 6.07) is 1.98. The average Bonchev–Trinajstić information content (AvgIpc) is 3.55. The Morgan fingerprint density at radius 2 is 1.05 bits per heavy atom. The minimum absolute atomic E-state index is 0.0210. The van der Waals surface area contributed by atoms with Gasteiger partial charge in [0.15, 0.2) is 47.5 Å². The molecule has 0 spiro atoms. The summed E-state index contributed by atoms with van der Waals surface area (Å²) < 4.78 is 98.8. The number of aromatic amines is 2. The number of nitrogen functional groups attached to an aromatic ring is 3. The molecule has 4 aliphatic heterocycles. The molecule has 0 amide bonds. The van der Waals surface area contributed by atoms with Gasteiger partial charge in [-0.25, -0.2) is 43.2 Å². The van der Waals surface area contributed by atoms with Gasteiger partial charge in [-0.05, 0) is 6.07 Å². The van der Waals surface area contributed by atoms with Crippen molar-refractivity contribution in [1.82, 2.24) is 58.1 Å². The van der Waals surface area contributed by atoms with E-state index in [2.05, 4.69) is 34.9 Å². The second-order valence-corrected chi connectivity index (χ2v) is 22.5. The molecule has 0 saturated carbocycles. The Kier molecular flexibility index (Phi) is 16.4. The van der Waals surface area contributed by atoms with Gasteiger partial charge in [0.2, 0.25) is 5.95 Å². The van der Waals surface area contributed by atoms with Gasteiger partial charge in [-0.3, -0.25) is 65.0 Å². The molecule has 44 heteroatoms. The predicted octanol–water partition coefficient (Wildman–Crippen LogP) is -6.59. The van der Waals surface area contributed by atoms with Gasteiger partial charge in [-0.15, -0.1) is 0 Å². The van der Waals surface area contributed by atoms with E-state index in [9.17, 15) is 78.2 Å². The summed E-state index contributed by atoms with van der Waals surface area (Å²) in [5.74, 6) is -0.744. The number of ether oxygens (including phenoxy) is 4. The van der Waals surface area contributed by atoms with Crippen LogP contribution in [0, 0.1) is 0 Å². The molecule has 82 heavy (non-hydrogen) atoms. The topological polar surface area (TPSA) is 601 Å². The zero-order valence-corrected chi connectivity index (χ0v) is 43.8. The van der Waals surface area contributed by atoms with Gasteiger partial charge in [0.05, 0.1) is 39.1 Å². The van der Waals surface area contributed by atoms with E-state index in [1.165, 1.54) is 10.9 Å². The second-order valence-electron chi connectivity index (χ2n) is 18.3. The van der Waals surface area contributed by atoms with E-state index in [4.69, 9.17) is 63.3 Å². The summed E-state index contributed by atoms with van der Waals surface area (Å²) in [4.78, 5) is 110. The van der Waals surface area contributed by atoms with Crippen molar-refractivity contribution in [1.29, 1.82) is 0 Å². The molecule has 0 radical (unpaired) electrons. The molecule has 6 aromatic rings. The van der Waals surface area contributed by atoms with Crippen molar-refractivity contribution in [3.63, 3.8) is 0 Å². The maximum Gasteiger partial charge on any atom is 0.472 e. The summed E-state index contributed by atoms with van der Waals surface area (Å²) in [5.41, 5.74) is 12.9. The highest BCUT2D eigenvalue weighted by molar-refractivity contribution is 7.48. The van der Waals surface area contributed by atoms with Crippen LogP contribution < -0.4 is 39.7 Å². The highest BCUT2D eigenvalue weighted by atomic mass is 31.2. The number of anilines is 3. The lowest BCUT2D eigenvalue weighted by Crippen LogP contribution is -2.39. The first-order chi connectivity index (χ1) is 38.7. The van der Waals surface area contributed by atoms with Crippen molar-refractivity contribution in [2.45, 2.75) is 98.2 Å². The third-order valence-corrected chi connectivity index (χ3v) is 16.0. The Hall–Kier alpha value is -6.21. The van der Waals surface area contributed by atoms with Crippen LogP contribution in [0.15, 0.2) is 62.7 Å². The lowest BCUT2D eigenvalue weighted by Gasteiger charge is -2.26. The first-order valence-electron chi connectivity index (χ1n) is 23.7. The number of hydrogen-bond donors (Lipinski definition) is 14. The van der Waals surface area contributed by atoms with E-state index in [1.807, 2.05) is 4.98 Å². The number of phosphoric acid groups is 3. The summed E-state index contributed by atoms with van der Waals surface area (Å²) in [7, 11) is -16.8. The normalized spacial score (nSPS) is 32.5. The molecule has 0 aliphatic carbocycles. The van der Waals surface area contributed by atoms with E-state index in [-0.39, 0.29) is 34.0 Å². The molecule has 17 N–H and O–H groups in total. The number of H-pyrrole nitrogens is 2. The monoisotopic (exact) mass is 1220 g/mol. The molecule has 3 unspecified atom stereocenters. The first-order valence-corrected chi connectivity index (χ1v) is 28.1. The van der Waals surface area contributed by atoms with Gasteiger partial charge >= 0.3 is 34.8 Å². The molecule has 41 nitrogen and oxygen atoms in total. The summed E-state index contributed by atoms with van der Waals surface area (Å²) in [6.45, 7) is -4.48. The van der Waals surface area contributed by atoms with Crippen molar-refractivity contribution in [2.24, 2.45) is 0 Å². The van der Waals surface area contributed by atoms with Gasteiger partial charge in [0, 0.05) is 18.5 Å². The van der Waals surface area contributed by atoms with Gasteiger partial charge in [-0.2, -0.15) is 9.97 Å². The Bertz CT molecular complexity index is 3750. The number of phosphoric ester groups is 3. The Labute approximate surface area is 452 Å². The van der Waals surface area contributed by atoms with Crippen molar-refractivity contribution in [3.8, 4) is 0 Å². The van der Waals surface area contributed by atoms with Gasteiger partial charge in [0.1, 0.15) is 90.9 Å². The zero-order chi connectivity index (χ0) is 58.9. The lowest BCUT2D eigenvalue weighted by atomic mass is 10.1. The molecule has 10 rings (SSSR count). The molecule has 19 atom stereocenters. The molecule has 446 valence electrons. The van der Waals surface area contributed by atoms with Crippen molar-refractivity contribution in [2.75, 3.05) is 43.6 Å².